The Morgan fingerprint density at radius 3 is 2.75 bits per heavy atom. The molecule has 0 amide bonds. The standard InChI is InChI=1S/C13H17N3/c1-2-14-13-10-12(15-16-13)9-8-11-6-4-3-5-7-11/h3-7,10H,2,8-9H2,1H3,(H2,14,15,16). The van der Waals surface area contributed by atoms with Crippen LogP contribution in [0.4, 0.5) is 5.82 Å². The highest BCUT2D eigenvalue weighted by Crippen LogP contribution is 2.09. The van der Waals surface area contributed by atoms with E-state index in [0.717, 1.165) is 25.2 Å². The molecular formula is C13H17N3. The summed E-state index contributed by atoms with van der Waals surface area (Å²) in [6, 6.07) is 12.6. The molecule has 16 heavy (non-hydrogen) atoms. The maximum absolute atomic E-state index is 4.18. The van der Waals surface area contributed by atoms with Crippen molar-refractivity contribution in [2.24, 2.45) is 0 Å². The van der Waals surface area contributed by atoms with Crippen molar-refractivity contribution in [3.8, 4) is 0 Å². The topological polar surface area (TPSA) is 40.7 Å². The summed E-state index contributed by atoms with van der Waals surface area (Å²) in [6.07, 6.45) is 2.05. The maximum Gasteiger partial charge on any atom is 0.148 e. The van der Waals surface area contributed by atoms with Gasteiger partial charge >= 0.3 is 0 Å². The molecule has 2 N–H and O–H groups in total. The van der Waals surface area contributed by atoms with Crippen LogP contribution in [0.3, 0.4) is 0 Å². The molecule has 0 radical (unpaired) electrons. The van der Waals surface area contributed by atoms with E-state index in [2.05, 4.69) is 52.8 Å². The van der Waals surface area contributed by atoms with E-state index in [1.807, 2.05) is 6.07 Å². The zero-order chi connectivity index (χ0) is 11.2. The number of anilines is 1. The molecule has 0 aliphatic heterocycles. The first kappa shape index (κ1) is 10.7. The summed E-state index contributed by atoms with van der Waals surface area (Å²) >= 11 is 0. The van der Waals surface area contributed by atoms with Gasteiger partial charge in [-0.15, -0.1) is 0 Å². The number of nitrogens with zero attached hydrogens (tertiary/aromatic N) is 1. The molecule has 84 valence electrons. The van der Waals surface area contributed by atoms with E-state index in [0.29, 0.717) is 0 Å². The zero-order valence-corrected chi connectivity index (χ0v) is 9.53. The molecule has 0 fully saturated rings. The Kier molecular flexibility index (Phi) is 3.59. The lowest BCUT2D eigenvalue weighted by Gasteiger charge is -1.98. The van der Waals surface area contributed by atoms with Crippen LogP contribution in [0.1, 0.15) is 18.2 Å². The molecule has 0 aliphatic rings. The van der Waals surface area contributed by atoms with Gasteiger partial charge < -0.3 is 5.32 Å². The molecule has 0 saturated heterocycles. The fourth-order valence-corrected chi connectivity index (χ4v) is 1.69. The Balaban J connectivity index is 1.89. The van der Waals surface area contributed by atoms with Crippen LogP contribution in [0.5, 0.6) is 0 Å². The number of rotatable bonds is 5. The Morgan fingerprint density at radius 1 is 1.19 bits per heavy atom. The van der Waals surface area contributed by atoms with Gasteiger partial charge in [0.15, 0.2) is 0 Å². The van der Waals surface area contributed by atoms with Gasteiger partial charge in [-0.3, -0.25) is 5.10 Å². The average Bonchev–Trinajstić information content (AvgIpc) is 2.76. The van der Waals surface area contributed by atoms with Crippen LogP contribution in [0.15, 0.2) is 36.4 Å². The highest BCUT2D eigenvalue weighted by atomic mass is 15.2. The number of nitrogens with one attached hydrogen (secondary N) is 2. The molecule has 1 aromatic carbocycles. The second kappa shape index (κ2) is 5.35. The summed E-state index contributed by atoms with van der Waals surface area (Å²) in [5.41, 5.74) is 2.54. The minimum absolute atomic E-state index is 0.906. The highest BCUT2D eigenvalue weighted by molar-refractivity contribution is 5.35. The van der Waals surface area contributed by atoms with Crippen LogP contribution in [0.2, 0.25) is 0 Å². The third-order valence-electron chi connectivity index (χ3n) is 2.51. The second-order valence-corrected chi connectivity index (χ2v) is 3.79. The number of aryl methyl sites for hydroxylation is 2. The molecule has 3 nitrogen and oxygen atoms in total. The predicted molar refractivity (Wildman–Crippen MR) is 66.6 cm³/mol. The van der Waals surface area contributed by atoms with Gasteiger partial charge in [0.1, 0.15) is 5.82 Å². The van der Waals surface area contributed by atoms with Crippen LogP contribution >= 0.6 is 0 Å². The first-order valence-corrected chi connectivity index (χ1v) is 5.70. The van der Waals surface area contributed by atoms with Crippen LogP contribution in [0, 0.1) is 0 Å². The van der Waals surface area contributed by atoms with E-state index >= 15 is 0 Å². The van der Waals surface area contributed by atoms with E-state index in [1.54, 1.807) is 0 Å². The van der Waals surface area contributed by atoms with Gasteiger partial charge in [0.2, 0.25) is 0 Å². The lowest BCUT2D eigenvalue weighted by molar-refractivity contribution is 0.892. The van der Waals surface area contributed by atoms with E-state index < -0.39 is 0 Å². The third-order valence-corrected chi connectivity index (χ3v) is 2.51. The van der Waals surface area contributed by atoms with E-state index in [-0.39, 0.29) is 0 Å². The monoisotopic (exact) mass is 215 g/mol. The molecule has 0 bridgehead atoms. The van der Waals surface area contributed by atoms with Gasteiger partial charge in [-0.2, -0.15) is 5.10 Å². The van der Waals surface area contributed by atoms with Crippen LogP contribution in [-0.4, -0.2) is 16.7 Å². The zero-order valence-electron chi connectivity index (χ0n) is 9.53. The van der Waals surface area contributed by atoms with Crippen molar-refractivity contribution in [2.75, 3.05) is 11.9 Å². The second-order valence-electron chi connectivity index (χ2n) is 3.79. The lowest BCUT2D eigenvalue weighted by atomic mass is 10.1. The summed E-state index contributed by atoms with van der Waals surface area (Å²) in [7, 11) is 0. The summed E-state index contributed by atoms with van der Waals surface area (Å²) in [6.45, 7) is 2.97. The van der Waals surface area contributed by atoms with Crippen molar-refractivity contribution in [2.45, 2.75) is 19.8 Å². The number of hydrogen-bond acceptors (Lipinski definition) is 2. The van der Waals surface area contributed by atoms with Gasteiger partial charge in [0.25, 0.3) is 0 Å². The van der Waals surface area contributed by atoms with Crippen molar-refractivity contribution in [3.05, 3.63) is 47.7 Å². The Labute approximate surface area is 95.9 Å². The van der Waals surface area contributed by atoms with Gasteiger partial charge in [-0.1, -0.05) is 30.3 Å². The van der Waals surface area contributed by atoms with E-state index in [9.17, 15) is 0 Å². The first-order valence-electron chi connectivity index (χ1n) is 5.70. The summed E-state index contributed by atoms with van der Waals surface area (Å²) in [5.74, 6) is 0.936. The Morgan fingerprint density at radius 2 is 2.00 bits per heavy atom. The summed E-state index contributed by atoms with van der Waals surface area (Å²) < 4.78 is 0. The van der Waals surface area contributed by atoms with Crippen molar-refractivity contribution in [1.82, 2.24) is 10.2 Å². The van der Waals surface area contributed by atoms with Crippen LogP contribution < -0.4 is 5.32 Å². The highest BCUT2D eigenvalue weighted by Gasteiger charge is 2.00. The summed E-state index contributed by atoms with van der Waals surface area (Å²) in [4.78, 5) is 0. The maximum atomic E-state index is 4.18. The molecule has 2 aromatic rings. The Bertz CT molecular complexity index is 420. The molecule has 1 aromatic heterocycles. The van der Waals surface area contributed by atoms with Crippen molar-refractivity contribution < 1.29 is 0 Å². The number of H-pyrrole nitrogens is 1. The smallest absolute Gasteiger partial charge is 0.148 e. The fourth-order valence-electron chi connectivity index (χ4n) is 1.69. The molecule has 0 unspecified atom stereocenters. The molecule has 0 atom stereocenters. The van der Waals surface area contributed by atoms with Crippen LogP contribution in [-0.2, 0) is 12.8 Å². The summed E-state index contributed by atoms with van der Waals surface area (Å²) in [5, 5.41) is 10.4. The van der Waals surface area contributed by atoms with Crippen molar-refractivity contribution in [1.29, 1.82) is 0 Å². The lowest BCUT2D eigenvalue weighted by Crippen LogP contribution is -1.95. The first-order chi connectivity index (χ1) is 7.88. The van der Waals surface area contributed by atoms with Crippen LogP contribution in [0.25, 0.3) is 0 Å². The largest absolute Gasteiger partial charge is 0.369 e. The number of aromatic nitrogens is 2. The molecule has 1 heterocycles. The third kappa shape index (κ3) is 2.86. The van der Waals surface area contributed by atoms with Gasteiger partial charge in [-0.25, -0.2) is 0 Å². The van der Waals surface area contributed by atoms with Crippen molar-refractivity contribution in [3.63, 3.8) is 0 Å². The molecule has 0 saturated carbocycles. The van der Waals surface area contributed by atoms with Gasteiger partial charge in [0.05, 0.1) is 0 Å². The normalized spacial score (nSPS) is 10.3. The molecular weight excluding hydrogens is 198 g/mol. The molecule has 0 aliphatic carbocycles. The SMILES string of the molecule is CCNc1cc(CCc2ccccc2)[nH]n1. The Hall–Kier alpha value is -1.77. The minimum Gasteiger partial charge on any atom is -0.369 e. The molecule has 3 heteroatoms. The quantitative estimate of drug-likeness (QED) is 0.805. The van der Waals surface area contributed by atoms with Crippen molar-refractivity contribution >= 4 is 5.82 Å². The van der Waals surface area contributed by atoms with Gasteiger partial charge in [-0.05, 0) is 25.3 Å². The number of benzene rings is 1. The minimum atomic E-state index is 0.906. The van der Waals surface area contributed by atoms with E-state index in [4.69, 9.17) is 0 Å². The number of hydrogen-bond donors (Lipinski definition) is 2. The fraction of sp³-hybridized carbons (Fsp3) is 0.308. The van der Waals surface area contributed by atoms with E-state index in [1.165, 1.54) is 11.3 Å². The molecule has 2 rings (SSSR count). The predicted octanol–water partition coefficient (Wildman–Crippen LogP) is 2.63. The van der Waals surface area contributed by atoms with Gasteiger partial charge in [0, 0.05) is 18.3 Å². The molecule has 0 spiro atoms. The average molecular weight is 215 g/mol. The number of aromatic amines is 1.